The number of hydrogen-bond donors (Lipinski definition) is 2. The van der Waals surface area contributed by atoms with Crippen LogP contribution in [0.3, 0.4) is 0 Å². The summed E-state index contributed by atoms with van der Waals surface area (Å²) in [6, 6.07) is 11.3. The van der Waals surface area contributed by atoms with Gasteiger partial charge in [-0.05, 0) is 48.6 Å². The summed E-state index contributed by atoms with van der Waals surface area (Å²) in [6.07, 6.45) is 3.12. The highest BCUT2D eigenvalue weighted by Crippen LogP contribution is 2.31. The molecule has 0 spiro atoms. The standard InChI is InChI=1S/C18H14O5/c1-22-15-6-3-11(4-7-15)17-9-13(18(21)23-17)8-12-2-5-14(19)10-16(12)20/h2-10,19-20H,1H3. The van der Waals surface area contributed by atoms with Gasteiger partial charge in [0.15, 0.2) is 0 Å². The molecule has 2 N–H and O–H groups in total. The van der Waals surface area contributed by atoms with Crippen molar-refractivity contribution < 1.29 is 24.5 Å². The van der Waals surface area contributed by atoms with E-state index < -0.39 is 5.97 Å². The van der Waals surface area contributed by atoms with Crippen molar-refractivity contribution >= 4 is 17.8 Å². The molecule has 2 aromatic carbocycles. The number of carbonyl (C=O) groups excluding carboxylic acids is 1. The number of esters is 1. The molecular weight excluding hydrogens is 296 g/mol. The van der Waals surface area contributed by atoms with Crippen LogP contribution in [0.15, 0.2) is 54.1 Å². The summed E-state index contributed by atoms with van der Waals surface area (Å²) in [4.78, 5) is 12.0. The van der Waals surface area contributed by atoms with E-state index in [0.717, 1.165) is 5.56 Å². The number of cyclic esters (lactones) is 1. The third-order valence-corrected chi connectivity index (χ3v) is 3.42. The lowest BCUT2D eigenvalue weighted by atomic mass is 10.1. The van der Waals surface area contributed by atoms with E-state index in [-0.39, 0.29) is 11.5 Å². The number of phenolic OH excluding ortho intramolecular Hbond substituents is 2. The molecule has 1 aliphatic rings. The number of phenols is 2. The van der Waals surface area contributed by atoms with Crippen molar-refractivity contribution in [2.24, 2.45) is 0 Å². The third-order valence-electron chi connectivity index (χ3n) is 3.42. The normalized spacial score (nSPS) is 15.4. The van der Waals surface area contributed by atoms with Gasteiger partial charge >= 0.3 is 5.97 Å². The first-order valence-electron chi connectivity index (χ1n) is 6.89. The fourth-order valence-electron chi connectivity index (χ4n) is 2.21. The molecule has 0 saturated heterocycles. The number of carbonyl (C=O) groups is 1. The lowest BCUT2D eigenvalue weighted by Gasteiger charge is -2.03. The molecule has 0 aromatic heterocycles. The highest BCUT2D eigenvalue weighted by atomic mass is 16.5. The van der Waals surface area contributed by atoms with Crippen LogP contribution in [0, 0.1) is 0 Å². The number of methoxy groups -OCH3 is 1. The van der Waals surface area contributed by atoms with E-state index in [1.165, 1.54) is 24.3 Å². The third kappa shape index (κ3) is 3.03. The molecule has 1 heterocycles. The number of ether oxygens (including phenoxy) is 2. The highest BCUT2D eigenvalue weighted by molar-refractivity contribution is 6.05. The van der Waals surface area contributed by atoms with Crippen LogP contribution in [0.1, 0.15) is 11.1 Å². The van der Waals surface area contributed by atoms with Crippen LogP contribution in [0.4, 0.5) is 0 Å². The van der Waals surface area contributed by atoms with Crippen LogP contribution in [-0.2, 0) is 9.53 Å². The van der Waals surface area contributed by atoms with Crippen LogP contribution >= 0.6 is 0 Å². The maximum Gasteiger partial charge on any atom is 0.343 e. The van der Waals surface area contributed by atoms with Gasteiger partial charge in [-0.2, -0.15) is 0 Å². The second-order valence-corrected chi connectivity index (χ2v) is 4.97. The monoisotopic (exact) mass is 310 g/mol. The summed E-state index contributed by atoms with van der Waals surface area (Å²) < 4.78 is 10.3. The average Bonchev–Trinajstić information content (AvgIpc) is 2.91. The first-order valence-corrected chi connectivity index (χ1v) is 6.89. The van der Waals surface area contributed by atoms with Crippen molar-refractivity contribution in [3.8, 4) is 17.2 Å². The summed E-state index contributed by atoms with van der Waals surface area (Å²) in [5.74, 6) is 0.485. The van der Waals surface area contributed by atoms with Gasteiger partial charge in [0.05, 0.1) is 12.7 Å². The first kappa shape index (κ1) is 14.7. The lowest BCUT2D eigenvalue weighted by molar-refractivity contribution is -0.130. The zero-order valence-corrected chi connectivity index (χ0v) is 12.3. The van der Waals surface area contributed by atoms with Crippen molar-refractivity contribution in [2.75, 3.05) is 7.11 Å². The maximum atomic E-state index is 12.0. The Morgan fingerprint density at radius 1 is 1.09 bits per heavy atom. The Hall–Kier alpha value is -3.21. The fraction of sp³-hybridized carbons (Fsp3) is 0.0556. The SMILES string of the molecule is COc1ccc(C2=CC(=Cc3ccc(O)cc3O)C(=O)O2)cc1. The predicted molar refractivity (Wildman–Crippen MR) is 84.8 cm³/mol. The van der Waals surface area contributed by atoms with Gasteiger partial charge in [0, 0.05) is 17.2 Å². The summed E-state index contributed by atoms with van der Waals surface area (Å²) in [5, 5.41) is 19.1. The minimum absolute atomic E-state index is 0.0480. The summed E-state index contributed by atoms with van der Waals surface area (Å²) >= 11 is 0. The molecule has 5 heteroatoms. The Kier molecular flexibility index (Phi) is 3.76. The molecule has 0 unspecified atom stereocenters. The zero-order chi connectivity index (χ0) is 16.4. The van der Waals surface area contributed by atoms with E-state index in [2.05, 4.69) is 0 Å². The first-order chi connectivity index (χ1) is 11.1. The van der Waals surface area contributed by atoms with Crippen molar-refractivity contribution in [3.05, 3.63) is 65.2 Å². The van der Waals surface area contributed by atoms with Gasteiger partial charge < -0.3 is 19.7 Å². The van der Waals surface area contributed by atoms with Gasteiger partial charge in [-0.15, -0.1) is 0 Å². The molecule has 3 rings (SSSR count). The molecule has 0 bridgehead atoms. The van der Waals surface area contributed by atoms with Crippen molar-refractivity contribution in [1.29, 1.82) is 0 Å². The van der Waals surface area contributed by atoms with Gasteiger partial charge in [-0.1, -0.05) is 0 Å². The van der Waals surface area contributed by atoms with Crippen LogP contribution in [0.5, 0.6) is 17.2 Å². The Balaban J connectivity index is 1.92. The molecule has 0 radical (unpaired) electrons. The summed E-state index contributed by atoms with van der Waals surface area (Å²) in [6.45, 7) is 0. The van der Waals surface area contributed by atoms with Gasteiger partial charge in [-0.25, -0.2) is 4.79 Å². The van der Waals surface area contributed by atoms with Gasteiger partial charge in [0.25, 0.3) is 0 Å². The predicted octanol–water partition coefficient (Wildman–Crippen LogP) is 3.09. The largest absolute Gasteiger partial charge is 0.508 e. The van der Waals surface area contributed by atoms with Crippen molar-refractivity contribution in [3.63, 3.8) is 0 Å². The second-order valence-electron chi connectivity index (χ2n) is 4.97. The number of rotatable bonds is 3. The molecule has 23 heavy (non-hydrogen) atoms. The summed E-state index contributed by atoms with van der Waals surface area (Å²) in [7, 11) is 1.58. The molecule has 5 nitrogen and oxygen atoms in total. The van der Waals surface area contributed by atoms with Crippen LogP contribution in [0.25, 0.3) is 11.8 Å². The van der Waals surface area contributed by atoms with Crippen LogP contribution in [-0.4, -0.2) is 23.3 Å². The molecular formula is C18H14O5. The molecule has 0 amide bonds. The minimum atomic E-state index is -0.497. The van der Waals surface area contributed by atoms with Gasteiger partial charge in [-0.3, -0.25) is 0 Å². The Morgan fingerprint density at radius 2 is 1.83 bits per heavy atom. The summed E-state index contributed by atoms with van der Waals surface area (Å²) in [5.41, 5.74) is 1.48. The number of aromatic hydroxyl groups is 2. The Morgan fingerprint density at radius 3 is 2.48 bits per heavy atom. The smallest absolute Gasteiger partial charge is 0.343 e. The molecule has 0 atom stereocenters. The second kappa shape index (κ2) is 5.88. The lowest BCUT2D eigenvalue weighted by Crippen LogP contribution is -1.97. The van der Waals surface area contributed by atoms with E-state index in [1.54, 1.807) is 37.5 Å². The molecule has 116 valence electrons. The Labute approximate surface area is 132 Å². The molecule has 0 fully saturated rings. The van der Waals surface area contributed by atoms with E-state index in [9.17, 15) is 15.0 Å². The molecule has 1 aliphatic heterocycles. The zero-order valence-electron chi connectivity index (χ0n) is 12.3. The molecule has 0 aliphatic carbocycles. The van der Waals surface area contributed by atoms with E-state index in [4.69, 9.17) is 9.47 Å². The topological polar surface area (TPSA) is 76.0 Å². The van der Waals surface area contributed by atoms with Gasteiger partial charge in [0.2, 0.25) is 0 Å². The van der Waals surface area contributed by atoms with Crippen molar-refractivity contribution in [2.45, 2.75) is 0 Å². The molecule has 0 saturated carbocycles. The average molecular weight is 310 g/mol. The highest BCUT2D eigenvalue weighted by Gasteiger charge is 2.22. The van der Waals surface area contributed by atoms with E-state index in [1.807, 2.05) is 0 Å². The maximum absolute atomic E-state index is 12.0. The minimum Gasteiger partial charge on any atom is -0.508 e. The van der Waals surface area contributed by atoms with E-state index >= 15 is 0 Å². The fourth-order valence-corrected chi connectivity index (χ4v) is 2.21. The Bertz CT molecular complexity index is 816. The van der Waals surface area contributed by atoms with Crippen molar-refractivity contribution in [1.82, 2.24) is 0 Å². The number of benzene rings is 2. The molecule has 2 aromatic rings. The van der Waals surface area contributed by atoms with Gasteiger partial charge in [0.1, 0.15) is 23.0 Å². The van der Waals surface area contributed by atoms with Crippen LogP contribution in [0.2, 0.25) is 0 Å². The van der Waals surface area contributed by atoms with Crippen LogP contribution < -0.4 is 4.74 Å². The quantitative estimate of drug-likeness (QED) is 0.673. The number of hydrogen-bond acceptors (Lipinski definition) is 5. The van der Waals surface area contributed by atoms with E-state index in [0.29, 0.717) is 22.6 Å².